The van der Waals surface area contributed by atoms with Crippen LogP contribution in [0, 0.1) is 5.92 Å². The van der Waals surface area contributed by atoms with Crippen LogP contribution >= 0.6 is 23.2 Å². The van der Waals surface area contributed by atoms with Gasteiger partial charge in [-0.1, -0.05) is 35.3 Å². The van der Waals surface area contributed by atoms with Crippen molar-refractivity contribution >= 4 is 40.0 Å². The van der Waals surface area contributed by atoms with Crippen LogP contribution in [0.1, 0.15) is 48.2 Å². The van der Waals surface area contributed by atoms with Gasteiger partial charge in [0.05, 0.1) is 0 Å². The molecule has 2 unspecified atom stereocenters. The molecule has 2 atom stereocenters. The topological polar surface area (TPSA) is 48.1 Å². The second kappa shape index (κ2) is 9.46. The van der Waals surface area contributed by atoms with Crippen LogP contribution in [0.5, 0.6) is 0 Å². The summed E-state index contributed by atoms with van der Waals surface area (Å²) >= 11 is 12.1. The molecule has 2 heterocycles. The lowest BCUT2D eigenvalue weighted by Crippen LogP contribution is -2.51. The molecule has 32 heavy (non-hydrogen) atoms. The molecule has 168 valence electrons. The largest absolute Gasteiger partial charge is 0.351 e. The Balaban J connectivity index is 1.17. The number of nitrogens with one attached hydrogen (secondary N) is 2. The maximum atomic E-state index is 13.0. The summed E-state index contributed by atoms with van der Waals surface area (Å²) in [7, 11) is 0. The average Bonchev–Trinajstić information content (AvgIpc) is 3.42. The lowest BCUT2D eigenvalue weighted by atomic mass is 9.89. The first-order valence-corrected chi connectivity index (χ1v) is 12.4. The number of hydrogen-bond acceptors (Lipinski definition) is 2. The van der Waals surface area contributed by atoms with E-state index < -0.39 is 0 Å². The number of halogens is 2. The normalized spacial score (nSPS) is 22.4. The molecule has 1 aliphatic carbocycles. The number of piperidine rings is 1. The number of hydrogen-bond donors (Lipinski definition) is 2. The van der Waals surface area contributed by atoms with Crippen molar-refractivity contribution in [2.24, 2.45) is 5.92 Å². The second-order valence-electron chi connectivity index (χ2n) is 9.30. The van der Waals surface area contributed by atoms with E-state index in [0.717, 1.165) is 54.2 Å². The summed E-state index contributed by atoms with van der Waals surface area (Å²) < 4.78 is 0. The molecule has 2 aliphatic rings. The number of H-pyrrole nitrogens is 1. The van der Waals surface area contributed by atoms with Crippen molar-refractivity contribution < 1.29 is 4.79 Å². The van der Waals surface area contributed by atoms with Gasteiger partial charge in [0, 0.05) is 33.0 Å². The first-order valence-electron chi connectivity index (χ1n) is 11.6. The highest BCUT2D eigenvalue weighted by molar-refractivity contribution is 6.31. The highest BCUT2D eigenvalue weighted by Gasteiger charge is 2.35. The molecule has 1 amide bonds. The smallest absolute Gasteiger partial charge is 0.268 e. The van der Waals surface area contributed by atoms with E-state index in [9.17, 15) is 4.79 Å². The van der Waals surface area contributed by atoms with Gasteiger partial charge in [0.25, 0.3) is 5.91 Å². The Bertz CT molecular complexity index is 1090. The third kappa shape index (κ3) is 4.83. The molecule has 0 radical (unpaired) electrons. The molecular weight excluding hydrogens is 441 g/mol. The predicted octanol–water partition coefficient (Wildman–Crippen LogP) is 6.08. The van der Waals surface area contributed by atoms with Crippen molar-refractivity contribution in [1.82, 2.24) is 15.2 Å². The van der Waals surface area contributed by atoms with Gasteiger partial charge in [-0.25, -0.2) is 0 Å². The summed E-state index contributed by atoms with van der Waals surface area (Å²) in [5, 5.41) is 5.76. The highest BCUT2D eigenvalue weighted by atomic mass is 35.5. The Morgan fingerprint density at radius 3 is 2.50 bits per heavy atom. The molecule has 0 spiro atoms. The van der Waals surface area contributed by atoms with Crippen LogP contribution in [-0.4, -0.2) is 41.0 Å². The van der Waals surface area contributed by atoms with Gasteiger partial charge in [-0.2, -0.15) is 0 Å². The molecule has 1 aromatic heterocycles. The van der Waals surface area contributed by atoms with E-state index in [1.54, 1.807) is 0 Å². The Labute approximate surface area is 199 Å². The summed E-state index contributed by atoms with van der Waals surface area (Å²) in [4.78, 5) is 18.8. The van der Waals surface area contributed by atoms with E-state index in [4.69, 9.17) is 23.2 Å². The van der Waals surface area contributed by atoms with E-state index >= 15 is 0 Å². The fourth-order valence-electron chi connectivity index (χ4n) is 5.46. The molecule has 5 rings (SSSR count). The van der Waals surface area contributed by atoms with Gasteiger partial charge in [0.2, 0.25) is 0 Å². The summed E-state index contributed by atoms with van der Waals surface area (Å²) in [6.07, 6.45) is 6.93. The number of benzene rings is 2. The zero-order chi connectivity index (χ0) is 22.1. The zero-order valence-electron chi connectivity index (χ0n) is 18.1. The van der Waals surface area contributed by atoms with Crippen molar-refractivity contribution in [2.45, 2.75) is 50.6 Å². The molecule has 2 fully saturated rings. The fourth-order valence-corrected chi connectivity index (χ4v) is 5.77. The molecule has 1 saturated carbocycles. The predicted molar refractivity (Wildman–Crippen MR) is 132 cm³/mol. The lowest BCUT2D eigenvalue weighted by molar-refractivity contribution is 0.0858. The standard InChI is InChI=1S/C26H29Cl2N3O/c27-20-6-4-17(5-7-20)14-18-10-12-31(13-11-18)25-3-1-2-23(25)30-26(32)24-16-19-15-21(28)8-9-22(19)29-24/h4-9,15-16,18,23,25,29H,1-3,10-14H2,(H,30,32). The summed E-state index contributed by atoms with van der Waals surface area (Å²) in [6, 6.07) is 16.5. The van der Waals surface area contributed by atoms with E-state index in [-0.39, 0.29) is 11.9 Å². The number of carbonyl (C=O) groups excluding carboxylic acids is 1. The molecule has 2 N–H and O–H groups in total. The minimum absolute atomic E-state index is 0.0214. The number of nitrogens with zero attached hydrogens (tertiary/aromatic N) is 1. The Morgan fingerprint density at radius 1 is 0.969 bits per heavy atom. The molecule has 2 aromatic carbocycles. The second-order valence-corrected chi connectivity index (χ2v) is 10.2. The van der Waals surface area contributed by atoms with E-state index in [1.165, 1.54) is 24.8 Å². The van der Waals surface area contributed by atoms with Crippen molar-refractivity contribution in [3.63, 3.8) is 0 Å². The van der Waals surface area contributed by atoms with Crippen LogP contribution in [-0.2, 0) is 6.42 Å². The Hall–Kier alpha value is -2.01. The van der Waals surface area contributed by atoms with Crippen molar-refractivity contribution in [2.75, 3.05) is 13.1 Å². The molecule has 1 aliphatic heterocycles. The number of rotatable bonds is 5. The zero-order valence-corrected chi connectivity index (χ0v) is 19.6. The molecule has 6 heteroatoms. The van der Waals surface area contributed by atoms with Gasteiger partial charge in [0.1, 0.15) is 5.69 Å². The van der Waals surface area contributed by atoms with Gasteiger partial charge in [0.15, 0.2) is 0 Å². The van der Waals surface area contributed by atoms with Crippen LogP contribution in [0.4, 0.5) is 0 Å². The Kier molecular flexibility index (Phi) is 6.45. The third-order valence-corrected chi connectivity index (χ3v) is 7.67. The quantitative estimate of drug-likeness (QED) is 0.475. The highest BCUT2D eigenvalue weighted by Crippen LogP contribution is 2.30. The number of aromatic amines is 1. The molecule has 4 nitrogen and oxygen atoms in total. The van der Waals surface area contributed by atoms with Crippen molar-refractivity contribution in [3.05, 3.63) is 69.8 Å². The maximum absolute atomic E-state index is 13.0. The Morgan fingerprint density at radius 2 is 1.72 bits per heavy atom. The third-order valence-electron chi connectivity index (χ3n) is 7.18. The SMILES string of the molecule is O=C(NC1CCCC1N1CCC(Cc2ccc(Cl)cc2)CC1)c1cc2cc(Cl)ccc2[nH]1. The van der Waals surface area contributed by atoms with Crippen LogP contribution in [0.25, 0.3) is 10.9 Å². The number of likely N-dealkylation sites (tertiary alicyclic amines) is 1. The van der Waals surface area contributed by atoms with Crippen LogP contribution < -0.4 is 5.32 Å². The van der Waals surface area contributed by atoms with Crippen LogP contribution in [0.2, 0.25) is 10.0 Å². The maximum Gasteiger partial charge on any atom is 0.268 e. The van der Waals surface area contributed by atoms with Gasteiger partial charge in [-0.15, -0.1) is 0 Å². The first-order chi connectivity index (χ1) is 15.5. The molecule has 0 bridgehead atoms. The summed E-state index contributed by atoms with van der Waals surface area (Å²) in [5.74, 6) is 0.701. The number of fused-ring (bicyclic) bond motifs is 1. The van der Waals surface area contributed by atoms with Crippen LogP contribution in [0.15, 0.2) is 48.5 Å². The number of amides is 1. The summed E-state index contributed by atoms with van der Waals surface area (Å²) in [5.41, 5.74) is 2.92. The first kappa shape index (κ1) is 21.8. The van der Waals surface area contributed by atoms with Gasteiger partial charge >= 0.3 is 0 Å². The lowest BCUT2D eigenvalue weighted by Gasteiger charge is -2.38. The minimum Gasteiger partial charge on any atom is -0.351 e. The molecular formula is C26H29Cl2N3O. The molecule has 3 aromatic rings. The van der Waals surface area contributed by atoms with Crippen molar-refractivity contribution in [1.29, 1.82) is 0 Å². The number of carbonyl (C=O) groups is 1. The van der Waals surface area contributed by atoms with Crippen LogP contribution in [0.3, 0.4) is 0 Å². The van der Waals surface area contributed by atoms with E-state index in [0.29, 0.717) is 16.8 Å². The van der Waals surface area contributed by atoms with Gasteiger partial charge in [-0.05, 0) is 99.5 Å². The van der Waals surface area contributed by atoms with Gasteiger partial charge in [-0.3, -0.25) is 9.69 Å². The average molecular weight is 470 g/mol. The monoisotopic (exact) mass is 469 g/mol. The van der Waals surface area contributed by atoms with E-state index in [2.05, 4.69) is 27.3 Å². The molecule has 1 saturated heterocycles. The van der Waals surface area contributed by atoms with Gasteiger partial charge < -0.3 is 10.3 Å². The van der Waals surface area contributed by atoms with Crippen molar-refractivity contribution in [3.8, 4) is 0 Å². The summed E-state index contributed by atoms with van der Waals surface area (Å²) in [6.45, 7) is 2.22. The minimum atomic E-state index is -0.0214. The number of aromatic nitrogens is 1. The van der Waals surface area contributed by atoms with E-state index in [1.807, 2.05) is 36.4 Å². The fraction of sp³-hybridized carbons (Fsp3) is 0.423.